The van der Waals surface area contributed by atoms with Gasteiger partial charge in [-0.3, -0.25) is 14.9 Å². The first-order valence-corrected chi connectivity index (χ1v) is 6.31. The van der Waals surface area contributed by atoms with Gasteiger partial charge >= 0.3 is 5.97 Å². The van der Waals surface area contributed by atoms with Gasteiger partial charge in [0.2, 0.25) is 0 Å². The predicted octanol–water partition coefficient (Wildman–Crippen LogP) is 1.58. The summed E-state index contributed by atoms with van der Waals surface area (Å²) in [6.07, 6.45) is -0.543. The summed E-state index contributed by atoms with van der Waals surface area (Å²) in [5.74, 6) is -0.935. The molecule has 1 aromatic carbocycles. The molecule has 1 aromatic rings. The van der Waals surface area contributed by atoms with E-state index in [4.69, 9.17) is 9.84 Å². The Morgan fingerprint density at radius 2 is 2.35 bits per heavy atom. The van der Waals surface area contributed by atoms with Gasteiger partial charge in [-0.1, -0.05) is 6.07 Å². The van der Waals surface area contributed by atoms with Crippen molar-refractivity contribution in [2.24, 2.45) is 0 Å². The smallest absolute Gasteiger partial charge is 0.306 e. The molecule has 108 valence electrons. The lowest BCUT2D eigenvalue weighted by molar-refractivity contribution is -0.384. The standard InChI is InChI=1S/C13H16N2O5/c1-9-2-3-11(12(6-9)15(18)19)14-4-5-20-10(8-14)7-13(16)17/h2-3,6,10H,4-5,7-8H2,1H3,(H,16,17). The highest BCUT2D eigenvalue weighted by atomic mass is 16.6. The van der Waals surface area contributed by atoms with Crippen LogP contribution in [0.1, 0.15) is 12.0 Å². The van der Waals surface area contributed by atoms with E-state index in [1.807, 2.05) is 11.0 Å². The van der Waals surface area contributed by atoms with Gasteiger partial charge < -0.3 is 14.7 Å². The number of morpholine rings is 1. The maximum Gasteiger partial charge on any atom is 0.306 e. The largest absolute Gasteiger partial charge is 0.481 e. The van der Waals surface area contributed by atoms with E-state index < -0.39 is 17.0 Å². The Morgan fingerprint density at radius 1 is 1.60 bits per heavy atom. The predicted molar refractivity (Wildman–Crippen MR) is 72.0 cm³/mol. The number of anilines is 1. The molecule has 1 saturated heterocycles. The van der Waals surface area contributed by atoms with Crippen LogP contribution in [0.4, 0.5) is 11.4 Å². The van der Waals surface area contributed by atoms with Gasteiger partial charge in [0, 0.05) is 19.2 Å². The quantitative estimate of drug-likeness (QED) is 0.665. The van der Waals surface area contributed by atoms with Crippen molar-refractivity contribution in [1.29, 1.82) is 0 Å². The summed E-state index contributed by atoms with van der Waals surface area (Å²) < 4.78 is 5.37. The molecule has 0 spiro atoms. The Labute approximate surface area is 115 Å². The van der Waals surface area contributed by atoms with Crippen molar-refractivity contribution in [2.75, 3.05) is 24.6 Å². The number of nitrogens with zero attached hydrogens (tertiary/aromatic N) is 2. The molecule has 0 bridgehead atoms. The highest BCUT2D eigenvalue weighted by molar-refractivity contribution is 5.68. The van der Waals surface area contributed by atoms with E-state index in [0.29, 0.717) is 25.4 Å². The number of hydrogen-bond donors (Lipinski definition) is 1. The Balaban J connectivity index is 2.22. The summed E-state index contributed by atoms with van der Waals surface area (Å²) in [5.41, 5.74) is 1.37. The Hall–Kier alpha value is -2.15. The number of rotatable bonds is 4. The molecule has 0 aromatic heterocycles. The molecular weight excluding hydrogens is 264 g/mol. The Kier molecular flexibility index (Phi) is 4.19. The van der Waals surface area contributed by atoms with E-state index >= 15 is 0 Å². The molecule has 20 heavy (non-hydrogen) atoms. The SMILES string of the molecule is Cc1ccc(N2CCOC(CC(=O)O)C2)c([N+](=O)[O-])c1. The minimum atomic E-state index is -0.935. The molecule has 1 aliphatic heterocycles. The molecule has 7 nitrogen and oxygen atoms in total. The molecular formula is C13H16N2O5. The summed E-state index contributed by atoms with van der Waals surface area (Å²) in [6, 6.07) is 5.04. The lowest BCUT2D eigenvalue weighted by Gasteiger charge is -2.33. The maximum atomic E-state index is 11.1. The van der Waals surface area contributed by atoms with E-state index in [2.05, 4.69) is 0 Å². The van der Waals surface area contributed by atoms with E-state index in [1.165, 1.54) is 6.07 Å². The van der Waals surface area contributed by atoms with E-state index in [0.717, 1.165) is 5.56 Å². The lowest BCUT2D eigenvalue weighted by Crippen LogP contribution is -2.43. The summed E-state index contributed by atoms with van der Waals surface area (Å²) >= 11 is 0. The fourth-order valence-corrected chi connectivity index (χ4v) is 2.30. The number of nitro benzene ring substituents is 1. The number of carbonyl (C=O) groups is 1. The first-order valence-electron chi connectivity index (χ1n) is 6.31. The van der Waals surface area contributed by atoms with Crippen LogP contribution in [0.2, 0.25) is 0 Å². The Morgan fingerprint density at radius 3 is 3.00 bits per heavy atom. The van der Waals surface area contributed by atoms with Crippen LogP contribution in [0.15, 0.2) is 18.2 Å². The molecule has 2 rings (SSSR count). The van der Waals surface area contributed by atoms with Crippen LogP contribution in [-0.4, -0.2) is 41.8 Å². The molecule has 0 aliphatic carbocycles. The van der Waals surface area contributed by atoms with Gasteiger partial charge in [-0.2, -0.15) is 0 Å². The van der Waals surface area contributed by atoms with Gasteiger partial charge in [-0.05, 0) is 18.6 Å². The fraction of sp³-hybridized carbons (Fsp3) is 0.462. The van der Waals surface area contributed by atoms with Crippen LogP contribution in [-0.2, 0) is 9.53 Å². The number of carboxylic acids is 1. The monoisotopic (exact) mass is 280 g/mol. The van der Waals surface area contributed by atoms with Crippen LogP contribution in [0.25, 0.3) is 0 Å². The first-order chi connectivity index (χ1) is 9.47. The number of aliphatic carboxylic acids is 1. The van der Waals surface area contributed by atoms with Crippen LogP contribution < -0.4 is 4.90 Å². The third-order valence-corrected chi connectivity index (χ3v) is 3.21. The summed E-state index contributed by atoms with van der Waals surface area (Å²) in [5, 5.41) is 19.9. The maximum absolute atomic E-state index is 11.1. The summed E-state index contributed by atoms with van der Waals surface area (Å²) in [6.45, 7) is 3.02. The summed E-state index contributed by atoms with van der Waals surface area (Å²) in [4.78, 5) is 23.3. The van der Waals surface area contributed by atoms with Gasteiger partial charge in [-0.15, -0.1) is 0 Å². The Bertz CT molecular complexity index is 531. The number of carboxylic acid groups (broad SMARTS) is 1. The van der Waals surface area contributed by atoms with Crippen LogP contribution in [0, 0.1) is 17.0 Å². The fourth-order valence-electron chi connectivity index (χ4n) is 2.30. The molecule has 1 N–H and O–H groups in total. The van der Waals surface area contributed by atoms with Gasteiger partial charge in [0.05, 0.1) is 24.1 Å². The minimum Gasteiger partial charge on any atom is -0.481 e. The number of benzene rings is 1. The zero-order valence-electron chi connectivity index (χ0n) is 11.1. The molecule has 1 heterocycles. The topological polar surface area (TPSA) is 92.9 Å². The van der Waals surface area contributed by atoms with Crippen LogP contribution in [0.5, 0.6) is 0 Å². The average molecular weight is 280 g/mol. The van der Waals surface area contributed by atoms with Gasteiger partial charge in [0.1, 0.15) is 5.69 Å². The highest BCUT2D eigenvalue weighted by Gasteiger charge is 2.27. The molecule has 1 atom stereocenters. The van der Waals surface area contributed by atoms with Gasteiger partial charge in [0.15, 0.2) is 0 Å². The van der Waals surface area contributed by atoms with Crippen molar-refractivity contribution in [3.8, 4) is 0 Å². The van der Waals surface area contributed by atoms with Crippen molar-refractivity contribution in [2.45, 2.75) is 19.4 Å². The van der Waals surface area contributed by atoms with Crippen molar-refractivity contribution in [1.82, 2.24) is 0 Å². The normalized spacial score (nSPS) is 18.9. The first kappa shape index (κ1) is 14.3. The molecule has 1 unspecified atom stereocenters. The second-order valence-corrected chi connectivity index (χ2v) is 4.79. The van der Waals surface area contributed by atoms with E-state index in [-0.39, 0.29) is 12.1 Å². The van der Waals surface area contributed by atoms with E-state index in [9.17, 15) is 14.9 Å². The third-order valence-electron chi connectivity index (χ3n) is 3.21. The number of hydrogen-bond acceptors (Lipinski definition) is 5. The molecule has 0 amide bonds. The average Bonchev–Trinajstić information content (AvgIpc) is 2.38. The molecule has 1 fully saturated rings. The van der Waals surface area contributed by atoms with Crippen molar-refractivity contribution in [3.63, 3.8) is 0 Å². The minimum absolute atomic E-state index is 0.0426. The van der Waals surface area contributed by atoms with Gasteiger partial charge in [-0.25, -0.2) is 0 Å². The second kappa shape index (κ2) is 5.87. The number of aryl methyl sites for hydroxylation is 1. The number of nitro groups is 1. The van der Waals surface area contributed by atoms with Gasteiger partial charge in [0.25, 0.3) is 5.69 Å². The lowest BCUT2D eigenvalue weighted by atomic mass is 10.1. The van der Waals surface area contributed by atoms with Crippen molar-refractivity contribution < 1.29 is 19.6 Å². The van der Waals surface area contributed by atoms with Crippen molar-refractivity contribution >= 4 is 17.3 Å². The third kappa shape index (κ3) is 3.24. The van der Waals surface area contributed by atoms with Crippen molar-refractivity contribution in [3.05, 3.63) is 33.9 Å². The molecule has 0 saturated carbocycles. The molecule has 1 aliphatic rings. The number of ether oxygens (including phenoxy) is 1. The van der Waals surface area contributed by atoms with Crippen LogP contribution >= 0.6 is 0 Å². The zero-order chi connectivity index (χ0) is 14.7. The second-order valence-electron chi connectivity index (χ2n) is 4.79. The van der Waals surface area contributed by atoms with E-state index in [1.54, 1.807) is 13.0 Å². The molecule has 0 radical (unpaired) electrons. The van der Waals surface area contributed by atoms with Crippen LogP contribution in [0.3, 0.4) is 0 Å². The highest BCUT2D eigenvalue weighted by Crippen LogP contribution is 2.30. The summed E-state index contributed by atoms with van der Waals surface area (Å²) in [7, 11) is 0. The molecule has 7 heteroatoms. The zero-order valence-corrected chi connectivity index (χ0v) is 11.1.